The predicted molar refractivity (Wildman–Crippen MR) is 96.9 cm³/mol. The summed E-state index contributed by atoms with van der Waals surface area (Å²) in [6.07, 6.45) is 1.42. The highest BCUT2D eigenvalue weighted by molar-refractivity contribution is 5.73. The van der Waals surface area contributed by atoms with E-state index < -0.39 is 12.0 Å². The van der Waals surface area contributed by atoms with Gasteiger partial charge < -0.3 is 19.9 Å². The molecule has 1 unspecified atom stereocenters. The van der Waals surface area contributed by atoms with Crippen molar-refractivity contribution in [2.45, 2.75) is 39.0 Å². The summed E-state index contributed by atoms with van der Waals surface area (Å²) in [4.78, 5) is 11.2. The summed E-state index contributed by atoms with van der Waals surface area (Å²) >= 11 is 0. The first-order valence-electron chi connectivity index (χ1n) is 8.43. The standard InChI is InChI=1S/C20H25NO4/c1-3-7-17(20(22)23)21-13-16-10-11-18(24-2)19(12-16)25-14-15-8-5-4-6-9-15/h4-6,8-12,17,21H,3,7,13-14H2,1-2H3,(H,22,23). The molecule has 1 atom stereocenters. The number of hydrogen-bond donors (Lipinski definition) is 2. The van der Waals surface area contributed by atoms with Gasteiger partial charge in [0.2, 0.25) is 0 Å². The minimum Gasteiger partial charge on any atom is -0.493 e. The maximum atomic E-state index is 11.2. The van der Waals surface area contributed by atoms with Crippen LogP contribution >= 0.6 is 0 Å². The minimum atomic E-state index is -0.823. The van der Waals surface area contributed by atoms with E-state index in [1.54, 1.807) is 7.11 Å². The number of methoxy groups -OCH3 is 1. The van der Waals surface area contributed by atoms with Crippen molar-refractivity contribution in [3.8, 4) is 11.5 Å². The summed E-state index contributed by atoms with van der Waals surface area (Å²) < 4.78 is 11.2. The number of aliphatic carboxylic acids is 1. The van der Waals surface area contributed by atoms with Crippen LogP contribution in [0.25, 0.3) is 0 Å². The first kappa shape index (κ1) is 18.8. The Labute approximate surface area is 148 Å². The molecule has 2 aromatic rings. The smallest absolute Gasteiger partial charge is 0.320 e. The van der Waals surface area contributed by atoms with Crippen molar-refractivity contribution in [3.63, 3.8) is 0 Å². The van der Waals surface area contributed by atoms with Crippen LogP contribution in [-0.2, 0) is 17.9 Å². The van der Waals surface area contributed by atoms with Crippen LogP contribution in [0, 0.1) is 0 Å². The zero-order valence-electron chi connectivity index (χ0n) is 14.7. The van der Waals surface area contributed by atoms with Crippen LogP contribution in [-0.4, -0.2) is 24.2 Å². The Morgan fingerprint density at radius 2 is 1.88 bits per heavy atom. The number of benzene rings is 2. The molecule has 0 heterocycles. The fourth-order valence-corrected chi connectivity index (χ4v) is 2.52. The molecule has 2 rings (SSSR count). The molecule has 0 bridgehead atoms. The Balaban J connectivity index is 2.04. The molecule has 2 N–H and O–H groups in total. The highest BCUT2D eigenvalue weighted by Gasteiger charge is 2.15. The molecule has 0 aliphatic rings. The van der Waals surface area contributed by atoms with Crippen molar-refractivity contribution in [1.82, 2.24) is 5.32 Å². The Morgan fingerprint density at radius 3 is 2.52 bits per heavy atom. The van der Waals surface area contributed by atoms with Crippen molar-refractivity contribution in [3.05, 3.63) is 59.7 Å². The second-order valence-corrected chi connectivity index (χ2v) is 5.82. The lowest BCUT2D eigenvalue weighted by Crippen LogP contribution is -2.35. The molecule has 0 amide bonds. The highest BCUT2D eigenvalue weighted by atomic mass is 16.5. The van der Waals surface area contributed by atoms with E-state index >= 15 is 0 Å². The van der Waals surface area contributed by atoms with Crippen molar-refractivity contribution in [2.75, 3.05) is 7.11 Å². The second-order valence-electron chi connectivity index (χ2n) is 5.82. The average Bonchev–Trinajstić information content (AvgIpc) is 2.64. The van der Waals surface area contributed by atoms with Gasteiger partial charge in [-0.3, -0.25) is 4.79 Å². The Morgan fingerprint density at radius 1 is 1.12 bits per heavy atom. The molecule has 5 nitrogen and oxygen atoms in total. The van der Waals surface area contributed by atoms with Gasteiger partial charge in [-0.05, 0) is 29.7 Å². The first-order chi connectivity index (χ1) is 12.1. The number of carboxylic acid groups (broad SMARTS) is 1. The monoisotopic (exact) mass is 343 g/mol. The number of hydrogen-bond acceptors (Lipinski definition) is 4. The van der Waals surface area contributed by atoms with Gasteiger partial charge in [0.15, 0.2) is 11.5 Å². The third-order valence-electron chi connectivity index (χ3n) is 3.89. The average molecular weight is 343 g/mol. The molecular weight excluding hydrogens is 318 g/mol. The number of nitrogens with one attached hydrogen (secondary N) is 1. The Hall–Kier alpha value is -2.53. The van der Waals surface area contributed by atoms with Gasteiger partial charge in [0, 0.05) is 6.54 Å². The fraction of sp³-hybridized carbons (Fsp3) is 0.350. The lowest BCUT2D eigenvalue weighted by Gasteiger charge is -2.15. The summed E-state index contributed by atoms with van der Waals surface area (Å²) in [5.41, 5.74) is 2.02. The van der Waals surface area contributed by atoms with Gasteiger partial charge in [0.1, 0.15) is 12.6 Å². The summed E-state index contributed by atoms with van der Waals surface area (Å²) in [5, 5.41) is 12.3. The van der Waals surface area contributed by atoms with E-state index in [0.717, 1.165) is 17.5 Å². The van der Waals surface area contributed by atoms with Gasteiger partial charge in [-0.1, -0.05) is 49.7 Å². The number of rotatable bonds is 10. The minimum absolute atomic E-state index is 0.446. The Kier molecular flexibility index (Phi) is 7.29. The third-order valence-corrected chi connectivity index (χ3v) is 3.89. The van der Waals surface area contributed by atoms with E-state index in [9.17, 15) is 9.90 Å². The molecule has 0 fully saturated rings. The van der Waals surface area contributed by atoms with Crippen LogP contribution < -0.4 is 14.8 Å². The molecule has 0 radical (unpaired) electrons. The van der Waals surface area contributed by atoms with Gasteiger partial charge in [-0.2, -0.15) is 0 Å². The van der Waals surface area contributed by atoms with Crippen LogP contribution in [0.3, 0.4) is 0 Å². The van der Waals surface area contributed by atoms with E-state index in [1.807, 2.05) is 55.5 Å². The van der Waals surface area contributed by atoms with Crippen molar-refractivity contribution >= 4 is 5.97 Å². The SMILES string of the molecule is CCCC(NCc1ccc(OC)c(OCc2ccccc2)c1)C(=O)O. The van der Waals surface area contributed by atoms with Gasteiger partial charge >= 0.3 is 5.97 Å². The maximum Gasteiger partial charge on any atom is 0.320 e. The number of carboxylic acids is 1. The largest absolute Gasteiger partial charge is 0.493 e. The Bertz CT molecular complexity index is 673. The molecule has 0 saturated heterocycles. The van der Waals surface area contributed by atoms with Crippen LogP contribution in [0.1, 0.15) is 30.9 Å². The van der Waals surface area contributed by atoms with E-state index in [4.69, 9.17) is 9.47 Å². The van der Waals surface area contributed by atoms with Crippen molar-refractivity contribution in [2.24, 2.45) is 0 Å². The third kappa shape index (κ3) is 5.80. The highest BCUT2D eigenvalue weighted by Crippen LogP contribution is 2.29. The molecule has 0 aliphatic heterocycles. The molecule has 25 heavy (non-hydrogen) atoms. The van der Waals surface area contributed by atoms with Crippen molar-refractivity contribution in [1.29, 1.82) is 0 Å². The summed E-state index contributed by atoms with van der Waals surface area (Å²) in [5.74, 6) is 0.479. The van der Waals surface area contributed by atoms with Gasteiger partial charge in [-0.25, -0.2) is 0 Å². The lowest BCUT2D eigenvalue weighted by molar-refractivity contribution is -0.139. The van der Waals surface area contributed by atoms with E-state index in [1.165, 1.54) is 0 Å². The van der Waals surface area contributed by atoms with Crippen LogP contribution in [0.4, 0.5) is 0 Å². The number of carbonyl (C=O) groups is 1. The molecule has 0 aromatic heterocycles. The van der Waals surface area contributed by atoms with E-state index in [0.29, 0.717) is 31.1 Å². The van der Waals surface area contributed by atoms with Gasteiger partial charge in [0.25, 0.3) is 0 Å². The summed E-state index contributed by atoms with van der Waals surface area (Å²) in [6.45, 7) is 2.88. The molecule has 5 heteroatoms. The zero-order chi connectivity index (χ0) is 18.1. The lowest BCUT2D eigenvalue weighted by atomic mass is 10.1. The van der Waals surface area contributed by atoms with Crippen LogP contribution in [0.5, 0.6) is 11.5 Å². The molecule has 0 aliphatic carbocycles. The quantitative estimate of drug-likeness (QED) is 0.690. The van der Waals surface area contributed by atoms with Crippen molar-refractivity contribution < 1.29 is 19.4 Å². The first-order valence-corrected chi connectivity index (χ1v) is 8.43. The van der Waals surface area contributed by atoms with Crippen LogP contribution in [0.15, 0.2) is 48.5 Å². The normalized spacial score (nSPS) is 11.8. The molecular formula is C20H25NO4. The predicted octanol–water partition coefficient (Wildman–Crippen LogP) is 3.62. The van der Waals surface area contributed by atoms with E-state index in [-0.39, 0.29) is 0 Å². The molecule has 0 spiro atoms. The molecule has 2 aromatic carbocycles. The van der Waals surface area contributed by atoms with Gasteiger partial charge in [0.05, 0.1) is 7.11 Å². The summed E-state index contributed by atoms with van der Waals surface area (Å²) in [7, 11) is 1.60. The zero-order valence-corrected chi connectivity index (χ0v) is 14.7. The molecule has 134 valence electrons. The second kappa shape index (κ2) is 9.69. The number of ether oxygens (including phenoxy) is 2. The van der Waals surface area contributed by atoms with E-state index in [2.05, 4.69) is 5.32 Å². The summed E-state index contributed by atoms with van der Waals surface area (Å²) in [6, 6.07) is 15.0. The van der Waals surface area contributed by atoms with Gasteiger partial charge in [-0.15, -0.1) is 0 Å². The molecule has 0 saturated carbocycles. The maximum absolute atomic E-state index is 11.2. The van der Waals surface area contributed by atoms with Crippen LogP contribution in [0.2, 0.25) is 0 Å². The topological polar surface area (TPSA) is 67.8 Å². The fourth-order valence-electron chi connectivity index (χ4n) is 2.52.